The standard InChI is InChI=1S/C10H11BrN2S.C2H6/c1-10(2,12)9-13-7-4-3-6(11)5-8(7)14-9;1-2/h3-5H,12H2,1-2H3;1-2H3. The van der Waals surface area contributed by atoms with Gasteiger partial charge in [-0.3, -0.25) is 0 Å². The van der Waals surface area contributed by atoms with Gasteiger partial charge in [0.2, 0.25) is 0 Å². The molecule has 0 bridgehead atoms. The zero-order chi connectivity index (χ0) is 12.3. The number of nitrogens with two attached hydrogens (primary N) is 1. The molecule has 88 valence electrons. The second kappa shape index (κ2) is 5.25. The quantitative estimate of drug-likeness (QED) is 0.854. The van der Waals surface area contributed by atoms with E-state index < -0.39 is 0 Å². The Hall–Kier alpha value is -0.450. The van der Waals surface area contributed by atoms with Gasteiger partial charge in [-0.2, -0.15) is 0 Å². The Morgan fingerprint density at radius 2 is 1.94 bits per heavy atom. The van der Waals surface area contributed by atoms with Gasteiger partial charge in [-0.05, 0) is 32.0 Å². The van der Waals surface area contributed by atoms with Crippen molar-refractivity contribution in [1.82, 2.24) is 4.98 Å². The predicted molar refractivity (Wildman–Crippen MR) is 75.9 cm³/mol. The van der Waals surface area contributed by atoms with Crippen molar-refractivity contribution >= 4 is 37.5 Å². The first-order chi connectivity index (χ1) is 7.47. The van der Waals surface area contributed by atoms with Crippen molar-refractivity contribution in [2.75, 3.05) is 0 Å². The van der Waals surface area contributed by atoms with E-state index in [9.17, 15) is 0 Å². The number of rotatable bonds is 1. The fraction of sp³-hybridized carbons (Fsp3) is 0.417. The second-order valence-electron chi connectivity index (χ2n) is 3.85. The first-order valence-electron chi connectivity index (χ1n) is 5.32. The van der Waals surface area contributed by atoms with Crippen LogP contribution in [0.25, 0.3) is 10.2 Å². The number of nitrogens with zero attached hydrogens (tertiary/aromatic N) is 1. The molecule has 16 heavy (non-hydrogen) atoms. The van der Waals surface area contributed by atoms with Crippen molar-refractivity contribution in [2.45, 2.75) is 33.2 Å². The minimum atomic E-state index is -0.351. The van der Waals surface area contributed by atoms with Gasteiger partial charge in [0.05, 0.1) is 15.8 Å². The molecular formula is C12H17BrN2S. The molecule has 0 spiro atoms. The molecule has 0 aliphatic carbocycles. The zero-order valence-electron chi connectivity index (χ0n) is 10.0. The number of benzene rings is 1. The van der Waals surface area contributed by atoms with Gasteiger partial charge in [0.1, 0.15) is 5.01 Å². The van der Waals surface area contributed by atoms with E-state index in [0.29, 0.717) is 0 Å². The van der Waals surface area contributed by atoms with Crippen LogP contribution in [0.1, 0.15) is 32.7 Å². The van der Waals surface area contributed by atoms with Gasteiger partial charge < -0.3 is 5.73 Å². The van der Waals surface area contributed by atoms with Crippen molar-refractivity contribution in [2.24, 2.45) is 5.73 Å². The van der Waals surface area contributed by atoms with Gasteiger partial charge >= 0.3 is 0 Å². The van der Waals surface area contributed by atoms with Crippen molar-refractivity contribution in [3.63, 3.8) is 0 Å². The Balaban J connectivity index is 0.000000606. The molecule has 0 aliphatic heterocycles. The first kappa shape index (κ1) is 13.6. The van der Waals surface area contributed by atoms with E-state index in [1.54, 1.807) is 11.3 Å². The van der Waals surface area contributed by atoms with Crippen LogP contribution in [0.5, 0.6) is 0 Å². The molecule has 0 amide bonds. The van der Waals surface area contributed by atoms with Crippen LogP contribution in [0.15, 0.2) is 22.7 Å². The molecule has 0 fully saturated rings. The monoisotopic (exact) mass is 300 g/mol. The lowest BCUT2D eigenvalue weighted by atomic mass is 10.1. The molecule has 0 unspecified atom stereocenters. The third kappa shape index (κ3) is 3.03. The smallest absolute Gasteiger partial charge is 0.113 e. The van der Waals surface area contributed by atoms with Crippen LogP contribution in [0.4, 0.5) is 0 Å². The maximum atomic E-state index is 5.99. The molecule has 2 nitrogen and oxygen atoms in total. The average Bonchev–Trinajstić information content (AvgIpc) is 2.63. The maximum absolute atomic E-state index is 5.99. The fourth-order valence-electron chi connectivity index (χ4n) is 1.17. The summed E-state index contributed by atoms with van der Waals surface area (Å²) < 4.78 is 2.25. The number of hydrogen-bond donors (Lipinski definition) is 1. The predicted octanol–water partition coefficient (Wildman–Crippen LogP) is 4.28. The Kier molecular flexibility index (Phi) is 4.47. The van der Waals surface area contributed by atoms with Gasteiger partial charge in [-0.15, -0.1) is 11.3 Å². The van der Waals surface area contributed by atoms with Gasteiger partial charge in [-0.25, -0.2) is 4.98 Å². The Morgan fingerprint density at radius 1 is 1.31 bits per heavy atom. The van der Waals surface area contributed by atoms with E-state index >= 15 is 0 Å². The molecule has 1 aromatic heterocycles. The minimum absolute atomic E-state index is 0.351. The molecule has 2 aromatic rings. The van der Waals surface area contributed by atoms with Gasteiger partial charge in [0.15, 0.2) is 0 Å². The van der Waals surface area contributed by atoms with Crippen LogP contribution >= 0.6 is 27.3 Å². The normalized spacial score (nSPS) is 11.1. The van der Waals surface area contributed by atoms with Gasteiger partial charge in [-0.1, -0.05) is 29.8 Å². The van der Waals surface area contributed by atoms with E-state index in [-0.39, 0.29) is 5.54 Å². The van der Waals surface area contributed by atoms with E-state index in [4.69, 9.17) is 5.73 Å². The summed E-state index contributed by atoms with van der Waals surface area (Å²) in [5.74, 6) is 0. The van der Waals surface area contributed by atoms with Crippen LogP contribution < -0.4 is 5.73 Å². The summed E-state index contributed by atoms with van der Waals surface area (Å²) in [6, 6.07) is 6.07. The number of thiazole rings is 1. The molecule has 4 heteroatoms. The molecule has 0 saturated carbocycles. The maximum Gasteiger partial charge on any atom is 0.113 e. The van der Waals surface area contributed by atoms with Gasteiger partial charge in [0.25, 0.3) is 0 Å². The summed E-state index contributed by atoms with van der Waals surface area (Å²) in [6.45, 7) is 7.94. The SMILES string of the molecule is CC.CC(C)(N)c1nc2ccc(Br)cc2s1. The number of fused-ring (bicyclic) bond motifs is 1. The van der Waals surface area contributed by atoms with Crippen molar-refractivity contribution in [3.8, 4) is 0 Å². The Labute approximate surface area is 109 Å². The van der Waals surface area contributed by atoms with Crippen molar-refractivity contribution in [1.29, 1.82) is 0 Å². The lowest BCUT2D eigenvalue weighted by molar-refractivity contribution is 0.551. The topological polar surface area (TPSA) is 38.9 Å². The lowest BCUT2D eigenvalue weighted by Crippen LogP contribution is -2.28. The largest absolute Gasteiger partial charge is 0.320 e. The summed E-state index contributed by atoms with van der Waals surface area (Å²) in [6.07, 6.45) is 0. The van der Waals surface area contributed by atoms with Crippen LogP contribution in [-0.2, 0) is 5.54 Å². The van der Waals surface area contributed by atoms with Crippen LogP contribution in [0.3, 0.4) is 0 Å². The van der Waals surface area contributed by atoms with Crippen LogP contribution in [0.2, 0.25) is 0 Å². The number of hydrogen-bond acceptors (Lipinski definition) is 3. The van der Waals surface area contributed by atoms with E-state index in [1.165, 1.54) is 4.70 Å². The second-order valence-corrected chi connectivity index (χ2v) is 5.80. The molecule has 0 radical (unpaired) electrons. The molecule has 2 N–H and O–H groups in total. The highest BCUT2D eigenvalue weighted by molar-refractivity contribution is 9.10. The molecular weight excluding hydrogens is 284 g/mol. The highest BCUT2D eigenvalue weighted by atomic mass is 79.9. The highest BCUT2D eigenvalue weighted by Gasteiger charge is 2.18. The fourth-order valence-corrected chi connectivity index (χ4v) is 2.71. The highest BCUT2D eigenvalue weighted by Crippen LogP contribution is 2.30. The summed E-state index contributed by atoms with van der Waals surface area (Å²) in [5, 5.41) is 0.977. The lowest BCUT2D eigenvalue weighted by Gasteiger charge is -2.13. The zero-order valence-corrected chi connectivity index (χ0v) is 12.4. The molecule has 1 aromatic carbocycles. The minimum Gasteiger partial charge on any atom is -0.320 e. The third-order valence-electron chi connectivity index (χ3n) is 1.90. The summed E-state index contributed by atoms with van der Waals surface area (Å²) in [5.41, 5.74) is 6.66. The van der Waals surface area contributed by atoms with Gasteiger partial charge in [0, 0.05) is 4.47 Å². The van der Waals surface area contributed by atoms with Crippen LogP contribution in [-0.4, -0.2) is 4.98 Å². The third-order valence-corrected chi connectivity index (χ3v) is 3.75. The molecule has 1 heterocycles. The molecule has 2 rings (SSSR count). The van der Waals surface area contributed by atoms with Crippen molar-refractivity contribution < 1.29 is 0 Å². The number of halogens is 1. The molecule has 0 atom stereocenters. The molecule has 0 saturated heterocycles. The average molecular weight is 301 g/mol. The van der Waals surface area contributed by atoms with E-state index in [0.717, 1.165) is 15.0 Å². The summed E-state index contributed by atoms with van der Waals surface area (Å²) in [7, 11) is 0. The Bertz CT molecular complexity index is 471. The van der Waals surface area contributed by atoms with E-state index in [1.807, 2.05) is 39.8 Å². The van der Waals surface area contributed by atoms with E-state index in [2.05, 4.69) is 27.0 Å². The summed E-state index contributed by atoms with van der Waals surface area (Å²) >= 11 is 5.09. The van der Waals surface area contributed by atoms with Crippen molar-refractivity contribution in [3.05, 3.63) is 27.7 Å². The molecule has 0 aliphatic rings. The van der Waals surface area contributed by atoms with Crippen LogP contribution in [0, 0.1) is 0 Å². The first-order valence-corrected chi connectivity index (χ1v) is 6.93. The Morgan fingerprint density at radius 3 is 2.50 bits per heavy atom. The number of aromatic nitrogens is 1. The summed E-state index contributed by atoms with van der Waals surface area (Å²) in [4.78, 5) is 4.50.